The molecule has 4 rings (SSSR count). The van der Waals surface area contributed by atoms with Crippen LogP contribution in [-0.4, -0.2) is 41.1 Å². The van der Waals surface area contributed by atoms with Gasteiger partial charge in [-0.1, -0.05) is 36.5 Å². The highest BCUT2D eigenvalue weighted by Crippen LogP contribution is 2.47. The van der Waals surface area contributed by atoms with Crippen LogP contribution < -0.4 is 0 Å². The van der Waals surface area contributed by atoms with E-state index in [1.807, 2.05) is 0 Å². The Kier molecular flexibility index (Phi) is 10.2. The second-order valence-corrected chi connectivity index (χ2v) is 13.9. The summed E-state index contributed by atoms with van der Waals surface area (Å²) >= 11 is 12.1. The molecule has 0 radical (unpaired) electrons. The lowest BCUT2D eigenvalue weighted by Gasteiger charge is -2.39. The van der Waals surface area contributed by atoms with Gasteiger partial charge in [0.1, 0.15) is 5.82 Å². The van der Waals surface area contributed by atoms with Gasteiger partial charge in [0.2, 0.25) is 0 Å². The predicted molar refractivity (Wildman–Crippen MR) is 157 cm³/mol. The molecular weight excluding hydrogens is 609 g/mol. The highest BCUT2D eigenvalue weighted by molar-refractivity contribution is 6.39. The number of alkyl halides is 3. The largest absolute Gasteiger partial charge is 0.481 e. The summed E-state index contributed by atoms with van der Waals surface area (Å²) < 4.78 is 56.9. The van der Waals surface area contributed by atoms with Crippen LogP contribution in [0.15, 0.2) is 28.3 Å². The van der Waals surface area contributed by atoms with E-state index in [0.29, 0.717) is 38.5 Å². The van der Waals surface area contributed by atoms with Crippen molar-refractivity contribution in [3.8, 4) is 0 Å². The van der Waals surface area contributed by atoms with Crippen LogP contribution in [-0.2, 0) is 9.59 Å². The molecule has 0 bridgehead atoms. The number of benzene rings is 1. The molecule has 0 saturated heterocycles. The summed E-state index contributed by atoms with van der Waals surface area (Å²) in [6.07, 6.45) is 1.17. The number of nitrogens with zero attached hydrogens (tertiary/aromatic N) is 1. The lowest BCUT2D eigenvalue weighted by molar-refractivity contribution is -0.150. The summed E-state index contributed by atoms with van der Waals surface area (Å²) in [6, 6.07) is 1.23. The van der Waals surface area contributed by atoms with Crippen molar-refractivity contribution in [2.24, 2.45) is 27.7 Å². The van der Waals surface area contributed by atoms with E-state index in [2.05, 4.69) is 11.9 Å². The van der Waals surface area contributed by atoms with Gasteiger partial charge in [0.15, 0.2) is 11.6 Å². The number of hydrogen-bond acceptors (Lipinski definition) is 4. The van der Waals surface area contributed by atoms with Gasteiger partial charge < -0.3 is 5.11 Å². The van der Waals surface area contributed by atoms with Crippen molar-refractivity contribution in [3.05, 3.63) is 44.7 Å². The molecule has 2 saturated carbocycles. The third-order valence-electron chi connectivity index (χ3n) is 9.97. The fourth-order valence-corrected chi connectivity index (χ4v) is 7.35. The van der Waals surface area contributed by atoms with Crippen molar-refractivity contribution in [2.45, 2.75) is 103 Å². The third kappa shape index (κ3) is 7.70. The summed E-state index contributed by atoms with van der Waals surface area (Å²) in [4.78, 5) is 42.9. The van der Waals surface area contributed by atoms with Gasteiger partial charge in [0.25, 0.3) is 0 Å². The van der Waals surface area contributed by atoms with E-state index in [0.717, 1.165) is 37.6 Å². The maximum atomic E-state index is 14.4. The lowest BCUT2D eigenvalue weighted by Crippen LogP contribution is -2.37. The minimum absolute atomic E-state index is 0.00450. The van der Waals surface area contributed by atoms with Crippen molar-refractivity contribution < 1.29 is 37.1 Å². The predicted octanol–water partition coefficient (Wildman–Crippen LogP) is 9.23. The van der Waals surface area contributed by atoms with Gasteiger partial charge in [-0.3, -0.25) is 19.4 Å². The SMILES string of the molecule is CC1(CCC(CCC(=O)c2c(Cl)cc(F)cc2Cl)C(=O)C2=C(C(F)(F)F)CC(C3CCC(C)(C(=O)O)CC3)N=C2)CCC1. The van der Waals surface area contributed by atoms with Crippen LogP contribution >= 0.6 is 23.2 Å². The van der Waals surface area contributed by atoms with Gasteiger partial charge in [0, 0.05) is 36.1 Å². The Morgan fingerprint density at radius 1 is 1.05 bits per heavy atom. The number of rotatable bonds is 11. The first-order valence-electron chi connectivity index (χ1n) is 14.8. The molecule has 5 nitrogen and oxygen atoms in total. The number of dihydropyridines is 1. The van der Waals surface area contributed by atoms with Crippen LogP contribution in [0, 0.1) is 28.5 Å². The molecule has 0 aromatic heterocycles. The average molecular weight is 647 g/mol. The van der Waals surface area contributed by atoms with E-state index in [-0.39, 0.29) is 39.8 Å². The zero-order valence-corrected chi connectivity index (χ0v) is 25.8. The number of halogens is 6. The number of carboxylic acids is 1. The molecule has 2 aliphatic carbocycles. The first-order valence-corrected chi connectivity index (χ1v) is 15.6. The lowest BCUT2D eigenvalue weighted by atomic mass is 9.66. The molecule has 1 aromatic carbocycles. The first-order chi connectivity index (χ1) is 20.0. The summed E-state index contributed by atoms with van der Waals surface area (Å²) in [5.41, 5.74) is -2.36. The summed E-state index contributed by atoms with van der Waals surface area (Å²) in [7, 11) is 0. The van der Waals surface area contributed by atoms with Gasteiger partial charge in [-0.15, -0.1) is 0 Å². The van der Waals surface area contributed by atoms with Crippen molar-refractivity contribution in [1.29, 1.82) is 0 Å². The molecule has 236 valence electrons. The molecule has 11 heteroatoms. The van der Waals surface area contributed by atoms with Crippen LogP contribution in [0.1, 0.15) is 101 Å². The van der Waals surface area contributed by atoms with Crippen LogP contribution in [0.5, 0.6) is 0 Å². The molecule has 1 aromatic rings. The normalized spacial score (nSPS) is 26.1. The van der Waals surface area contributed by atoms with Crippen LogP contribution in [0.2, 0.25) is 10.0 Å². The van der Waals surface area contributed by atoms with E-state index in [9.17, 15) is 37.1 Å². The Morgan fingerprint density at radius 2 is 1.65 bits per heavy atom. The van der Waals surface area contributed by atoms with Crippen molar-refractivity contribution in [2.75, 3.05) is 0 Å². The number of allylic oxidation sites excluding steroid dienone is 1. The number of hydrogen-bond donors (Lipinski definition) is 1. The number of carbonyl (C=O) groups excluding carboxylic acids is 2. The Hall–Kier alpha value is -2.26. The number of aliphatic carboxylic acids is 1. The van der Waals surface area contributed by atoms with E-state index in [1.54, 1.807) is 6.92 Å². The number of ketones is 2. The van der Waals surface area contributed by atoms with Crippen LogP contribution in [0.25, 0.3) is 0 Å². The van der Waals surface area contributed by atoms with E-state index < -0.39 is 64.5 Å². The molecule has 2 fully saturated rings. The maximum Gasteiger partial charge on any atom is 0.413 e. The summed E-state index contributed by atoms with van der Waals surface area (Å²) in [6.45, 7) is 3.74. The standard InChI is InChI=1S/C32H37Cl2F4NO4/c1-30(9-3-10-30)11-6-19(4-5-26(40)27-23(33)14-20(35)15-24(27)34)28(41)21-17-39-25(16-22(21)32(36,37)38)18-7-12-31(2,13-8-18)29(42)43/h14-15,17-19,25H,3-13,16H2,1-2H3,(H,42,43). The maximum absolute atomic E-state index is 14.4. The fraction of sp³-hybridized carbons (Fsp3) is 0.625. The van der Waals surface area contributed by atoms with Gasteiger partial charge in [-0.25, -0.2) is 4.39 Å². The third-order valence-corrected chi connectivity index (χ3v) is 10.6. The number of carboxylic acid groups (broad SMARTS) is 1. The first kappa shape index (κ1) is 33.6. The molecule has 1 aliphatic heterocycles. The minimum atomic E-state index is -4.75. The van der Waals surface area contributed by atoms with Crippen molar-refractivity contribution in [3.63, 3.8) is 0 Å². The van der Waals surface area contributed by atoms with Gasteiger partial charge >= 0.3 is 12.1 Å². The number of carbonyl (C=O) groups is 3. The van der Waals surface area contributed by atoms with Crippen LogP contribution in [0.3, 0.4) is 0 Å². The van der Waals surface area contributed by atoms with Crippen molar-refractivity contribution in [1.82, 2.24) is 0 Å². The van der Waals surface area contributed by atoms with E-state index >= 15 is 0 Å². The van der Waals surface area contributed by atoms with Gasteiger partial charge in [-0.05, 0) is 88.2 Å². The molecule has 0 spiro atoms. The quantitative estimate of drug-likeness (QED) is 0.192. The highest BCUT2D eigenvalue weighted by atomic mass is 35.5. The fourth-order valence-electron chi connectivity index (χ4n) is 6.68. The van der Waals surface area contributed by atoms with Crippen LogP contribution in [0.4, 0.5) is 17.6 Å². The zero-order chi connectivity index (χ0) is 31.7. The van der Waals surface area contributed by atoms with Crippen molar-refractivity contribution >= 4 is 47.0 Å². The Balaban J connectivity index is 1.54. The minimum Gasteiger partial charge on any atom is -0.481 e. The second-order valence-electron chi connectivity index (χ2n) is 13.1. The monoisotopic (exact) mass is 645 g/mol. The molecule has 2 unspecified atom stereocenters. The number of Topliss-reactive ketones (excluding diaryl/α,β-unsaturated/α-hetero) is 2. The number of aliphatic imine (C=N–C) groups is 1. The molecular formula is C32H37Cl2F4NO4. The Morgan fingerprint density at radius 3 is 2.16 bits per heavy atom. The smallest absolute Gasteiger partial charge is 0.413 e. The molecule has 3 aliphatic rings. The molecule has 2 atom stereocenters. The molecule has 1 N–H and O–H groups in total. The summed E-state index contributed by atoms with van der Waals surface area (Å²) in [5, 5.41) is 9.18. The average Bonchev–Trinajstić information content (AvgIpc) is 2.90. The van der Waals surface area contributed by atoms with E-state index in [4.69, 9.17) is 23.2 Å². The Labute approximate surface area is 259 Å². The second kappa shape index (κ2) is 13.0. The molecule has 0 amide bonds. The van der Waals surface area contributed by atoms with E-state index in [1.165, 1.54) is 0 Å². The topological polar surface area (TPSA) is 83.8 Å². The van der Waals surface area contributed by atoms with Gasteiger partial charge in [0.05, 0.1) is 27.1 Å². The zero-order valence-electron chi connectivity index (χ0n) is 24.3. The Bertz CT molecular complexity index is 1300. The highest BCUT2D eigenvalue weighted by Gasteiger charge is 2.45. The van der Waals surface area contributed by atoms with Gasteiger partial charge in [-0.2, -0.15) is 13.2 Å². The molecule has 1 heterocycles. The molecule has 43 heavy (non-hydrogen) atoms. The summed E-state index contributed by atoms with van der Waals surface area (Å²) in [5.74, 6) is -3.90.